The van der Waals surface area contributed by atoms with E-state index in [2.05, 4.69) is 25.9 Å². The van der Waals surface area contributed by atoms with Gasteiger partial charge in [0.25, 0.3) is 0 Å². The quantitative estimate of drug-likeness (QED) is 0.751. The summed E-state index contributed by atoms with van der Waals surface area (Å²) < 4.78 is 6.33. The van der Waals surface area contributed by atoms with Crippen LogP contribution in [0.3, 0.4) is 0 Å². The number of halogens is 1. The molecule has 0 N–H and O–H groups in total. The molecule has 0 fully saturated rings. The third-order valence-corrected chi connectivity index (χ3v) is 2.22. The predicted octanol–water partition coefficient (Wildman–Crippen LogP) is 2.55. The molecule has 2 aromatic heterocycles. The fourth-order valence-corrected chi connectivity index (χ4v) is 1.37. The largest absolute Gasteiger partial charge is 0.438 e. The molecule has 0 saturated carbocycles. The number of pyridine rings is 1. The van der Waals surface area contributed by atoms with Gasteiger partial charge in [-0.15, -0.1) is 0 Å². The number of nitrogens with zero attached hydrogens (tertiary/aromatic N) is 2. The first-order valence-electron chi connectivity index (χ1n) is 3.71. The Bertz CT molecular complexity index is 410. The highest BCUT2D eigenvalue weighted by molar-refractivity contribution is 9.10. The van der Waals surface area contributed by atoms with E-state index in [1.54, 1.807) is 6.20 Å². The number of oxazole rings is 1. The SMILES string of the molecule is CCc1nc2nccc(Br)c2o1. The minimum Gasteiger partial charge on any atom is -0.438 e. The summed E-state index contributed by atoms with van der Waals surface area (Å²) in [5.41, 5.74) is 1.40. The molecule has 0 spiro atoms. The van der Waals surface area contributed by atoms with Crippen LogP contribution in [0, 0.1) is 0 Å². The van der Waals surface area contributed by atoms with Gasteiger partial charge in [-0.3, -0.25) is 0 Å². The van der Waals surface area contributed by atoms with E-state index < -0.39 is 0 Å². The highest BCUT2D eigenvalue weighted by Gasteiger charge is 2.06. The number of rotatable bonds is 1. The molecule has 0 aliphatic heterocycles. The molecule has 2 heterocycles. The lowest BCUT2D eigenvalue weighted by Gasteiger charge is -1.87. The summed E-state index contributed by atoms with van der Waals surface area (Å²) in [4.78, 5) is 8.26. The Kier molecular flexibility index (Phi) is 1.84. The smallest absolute Gasteiger partial charge is 0.199 e. The standard InChI is InChI=1S/C8H7BrN2O/c1-2-6-11-8-7(12-6)5(9)3-4-10-8/h3-4H,2H2,1H3. The molecule has 0 atom stereocenters. The van der Waals surface area contributed by atoms with E-state index >= 15 is 0 Å². The van der Waals surface area contributed by atoms with Crippen LogP contribution < -0.4 is 0 Å². The lowest BCUT2D eigenvalue weighted by Crippen LogP contribution is -1.77. The van der Waals surface area contributed by atoms with Crippen LogP contribution in [0.15, 0.2) is 21.2 Å². The van der Waals surface area contributed by atoms with Gasteiger partial charge in [0.05, 0.1) is 4.47 Å². The van der Waals surface area contributed by atoms with Gasteiger partial charge in [-0.2, -0.15) is 4.98 Å². The van der Waals surface area contributed by atoms with Crippen LogP contribution in [0.1, 0.15) is 12.8 Å². The maximum absolute atomic E-state index is 5.43. The molecule has 4 heteroatoms. The molecule has 0 unspecified atom stereocenters. The summed E-state index contributed by atoms with van der Waals surface area (Å²) >= 11 is 3.37. The van der Waals surface area contributed by atoms with Gasteiger partial charge in [0, 0.05) is 12.6 Å². The summed E-state index contributed by atoms with van der Waals surface area (Å²) in [6, 6.07) is 1.84. The van der Waals surface area contributed by atoms with Crippen molar-refractivity contribution in [3.05, 3.63) is 22.6 Å². The van der Waals surface area contributed by atoms with Crippen LogP contribution in [0.4, 0.5) is 0 Å². The van der Waals surface area contributed by atoms with Gasteiger partial charge in [-0.05, 0) is 22.0 Å². The first-order chi connectivity index (χ1) is 5.81. The van der Waals surface area contributed by atoms with Crippen LogP contribution in [0.25, 0.3) is 11.2 Å². The molecule has 62 valence electrons. The van der Waals surface area contributed by atoms with Crippen LogP contribution in [0.2, 0.25) is 0 Å². The molecular weight excluding hydrogens is 220 g/mol. The second-order valence-corrected chi connectivity index (χ2v) is 3.26. The lowest BCUT2D eigenvalue weighted by molar-refractivity contribution is 0.536. The molecule has 0 aliphatic carbocycles. The molecular formula is C8H7BrN2O. The molecule has 0 amide bonds. The fourth-order valence-electron chi connectivity index (χ4n) is 0.998. The van der Waals surface area contributed by atoms with Crippen LogP contribution >= 0.6 is 15.9 Å². The third-order valence-electron chi connectivity index (χ3n) is 1.59. The van der Waals surface area contributed by atoms with Crippen LogP contribution in [-0.4, -0.2) is 9.97 Å². The monoisotopic (exact) mass is 226 g/mol. The van der Waals surface area contributed by atoms with E-state index in [1.165, 1.54) is 0 Å². The zero-order chi connectivity index (χ0) is 8.55. The first-order valence-corrected chi connectivity index (χ1v) is 4.50. The average molecular weight is 227 g/mol. The predicted molar refractivity (Wildman–Crippen MR) is 48.9 cm³/mol. The van der Waals surface area contributed by atoms with Gasteiger partial charge in [-0.25, -0.2) is 4.98 Å². The zero-order valence-electron chi connectivity index (χ0n) is 6.54. The molecule has 2 rings (SSSR count). The number of fused-ring (bicyclic) bond motifs is 1. The summed E-state index contributed by atoms with van der Waals surface area (Å²) in [6.45, 7) is 2.00. The van der Waals surface area contributed by atoms with Crippen molar-refractivity contribution in [3.63, 3.8) is 0 Å². The Morgan fingerprint density at radius 1 is 1.58 bits per heavy atom. The molecule has 12 heavy (non-hydrogen) atoms. The number of hydrogen-bond acceptors (Lipinski definition) is 3. The number of aromatic nitrogens is 2. The minimum absolute atomic E-state index is 0.668. The van der Waals surface area contributed by atoms with Gasteiger partial charge in [0.15, 0.2) is 17.1 Å². The molecule has 0 radical (unpaired) electrons. The van der Waals surface area contributed by atoms with Gasteiger partial charge in [0.2, 0.25) is 0 Å². The van der Waals surface area contributed by atoms with Crippen molar-refractivity contribution in [2.24, 2.45) is 0 Å². The minimum atomic E-state index is 0.668. The first kappa shape index (κ1) is 7.73. The Balaban J connectivity index is 2.74. The van der Waals surface area contributed by atoms with Crippen molar-refractivity contribution in [1.29, 1.82) is 0 Å². The molecule has 3 nitrogen and oxygen atoms in total. The lowest BCUT2D eigenvalue weighted by atomic mass is 10.5. The number of hydrogen-bond donors (Lipinski definition) is 0. The van der Waals surface area contributed by atoms with E-state index in [0.717, 1.165) is 22.4 Å². The summed E-state index contributed by atoms with van der Waals surface area (Å²) in [7, 11) is 0. The molecule has 0 aromatic carbocycles. The van der Waals surface area contributed by atoms with Gasteiger partial charge < -0.3 is 4.42 Å². The highest BCUT2D eigenvalue weighted by atomic mass is 79.9. The second kappa shape index (κ2) is 2.86. The Hall–Kier alpha value is -0.900. The van der Waals surface area contributed by atoms with Crippen LogP contribution in [0.5, 0.6) is 0 Å². The van der Waals surface area contributed by atoms with Crippen molar-refractivity contribution in [1.82, 2.24) is 9.97 Å². The normalized spacial score (nSPS) is 10.8. The topological polar surface area (TPSA) is 38.9 Å². The maximum atomic E-state index is 5.43. The van der Waals surface area contributed by atoms with Gasteiger partial charge >= 0.3 is 0 Å². The van der Waals surface area contributed by atoms with E-state index in [1.807, 2.05) is 13.0 Å². The van der Waals surface area contributed by atoms with E-state index in [9.17, 15) is 0 Å². The van der Waals surface area contributed by atoms with E-state index in [0.29, 0.717) is 5.65 Å². The number of aryl methyl sites for hydroxylation is 1. The molecule has 0 bridgehead atoms. The van der Waals surface area contributed by atoms with Crippen molar-refractivity contribution < 1.29 is 4.42 Å². The summed E-state index contributed by atoms with van der Waals surface area (Å²) in [5.74, 6) is 0.726. The van der Waals surface area contributed by atoms with Crippen LogP contribution in [-0.2, 0) is 6.42 Å². The third kappa shape index (κ3) is 1.12. The summed E-state index contributed by atoms with van der Waals surface area (Å²) in [6.07, 6.45) is 2.50. The van der Waals surface area contributed by atoms with E-state index in [-0.39, 0.29) is 0 Å². The second-order valence-electron chi connectivity index (χ2n) is 2.41. The zero-order valence-corrected chi connectivity index (χ0v) is 8.13. The molecule has 0 saturated heterocycles. The van der Waals surface area contributed by atoms with Crippen molar-refractivity contribution in [2.75, 3.05) is 0 Å². The Morgan fingerprint density at radius 2 is 2.42 bits per heavy atom. The van der Waals surface area contributed by atoms with E-state index in [4.69, 9.17) is 4.42 Å². The summed E-state index contributed by atoms with van der Waals surface area (Å²) in [5, 5.41) is 0. The highest BCUT2D eigenvalue weighted by Crippen LogP contribution is 2.22. The fraction of sp³-hybridized carbons (Fsp3) is 0.250. The van der Waals surface area contributed by atoms with Crippen molar-refractivity contribution >= 4 is 27.2 Å². The van der Waals surface area contributed by atoms with Gasteiger partial charge in [-0.1, -0.05) is 6.92 Å². The molecule has 2 aromatic rings. The average Bonchev–Trinajstić information content (AvgIpc) is 2.49. The van der Waals surface area contributed by atoms with Gasteiger partial charge in [0.1, 0.15) is 0 Å². The van der Waals surface area contributed by atoms with Crippen molar-refractivity contribution in [2.45, 2.75) is 13.3 Å². The maximum Gasteiger partial charge on any atom is 0.199 e. The Morgan fingerprint density at radius 3 is 3.08 bits per heavy atom. The van der Waals surface area contributed by atoms with Crippen molar-refractivity contribution in [3.8, 4) is 0 Å². The molecule has 0 aliphatic rings. The Labute approximate surface area is 77.9 Å².